The lowest BCUT2D eigenvalue weighted by molar-refractivity contribution is 0.0993. The fourth-order valence-electron chi connectivity index (χ4n) is 2.68. The molecule has 24 heavy (non-hydrogen) atoms. The van der Waals surface area contributed by atoms with Gasteiger partial charge in [-0.2, -0.15) is 0 Å². The molecule has 5 nitrogen and oxygen atoms in total. The summed E-state index contributed by atoms with van der Waals surface area (Å²) in [4.78, 5) is 12.9. The molecule has 1 unspecified atom stereocenters. The van der Waals surface area contributed by atoms with Gasteiger partial charge in [-0.15, -0.1) is 10.2 Å². The topological polar surface area (TPSA) is 73.8 Å². The second kappa shape index (κ2) is 6.78. The van der Waals surface area contributed by atoms with Crippen molar-refractivity contribution in [2.24, 2.45) is 0 Å². The monoisotopic (exact) mass is 358 g/mol. The minimum Gasteiger partial charge on any atom is -0.374 e. The lowest BCUT2D eigenvalue weighted by Gasteiger charge is -2.11. The molecule has 0 fully saturated rings. The predicted octanol–water partition coefficient (Wildman–Crippen LogP) is 3.89. The molecule has 0 bridgehead atoms. The van der Waals surface area contributed by atoms with E-state index in [0.29, 0.717) is 9.47 Å². The number of hydrogen-bond donors (Lipinski definition) is 1. The number of ketones is 1. The van der Waals surface area contributed by atoms with E-state index in [2.05, 4.69) is 14.8 Å². The minimum absolute atomic E-state index is 0.0871. The van der Waals surface area contributed by atoms with Gasteiger partial charge < -0.3 is 10.3 Å². The molecule has 0 amide bonds. The Morgan fingerprint density at radius 2 is 1.96 bits per heavy atom. The summed E-state index contributed by atoms with van der Waals surface area (Å²) in [6.45, 7) is 5.88. The number of thioether (sulfide) groups is 1. The Bertz CT molecular complexity index is 870. The van der Waals surface area contributed by atoms with Crippen molar-refractivity contribution in [3.05, 3.63) is 53.3 Å². The van der Waals surface area contributed by atoms with E-state index in [9.17, 15) is 4.79 Å². The van der Waals surface area contributed by atoms with Gasteiger partial charge in [0, 0.05) is 22.6 Å². The van der Waals surface area contributed by atoms with Gasteiger partial charge in [-0.1, -0.05) is 41.3 Å². The molecule has 124 valence electrons. The second-order valence-electron chi connectivity index (χ2n) is 5.49. The van der Waals surface area contributed by atoms with E-state index in [0.717, 1.165) is 22.6 Å². The predicted molar refractivity (Wildman–Crippen MR) is 99.2 cm³/mol. The van der Waals surface area contributed by atoms with Crippen molar-refractivity contribution in [3.8, 4) is 5.69 Å². The number of nitrogens with two attached hydrogens (primary N) is 1. The zero-order chi connectivity index (χ0) is 17.3. The van der Waals surface area contributed by atoms with Crippen molar-refractivity contribution in [1.29, 1.82) is 0 Å². The van der Waals surface area contributed by atoms with Crippen molar-refractivity contribution in [1.82, 2.24) is 14.8 Å². The Balaban J connectivity index is 1.88. The highest BCUT2D eigenvalue weighted by Crippen LogP contribution is 2.31. The number of hydrogen-bond acceptors (Lipinski definition) is 6. The number of anilines is 1. The average Bonchev–Trinajstić information content (AvgIpc) is 3.10. The van der Waals surface area contributed by atoms with Crippen molar-refractivity contribution >= 4 is 34.0 Å². The second-order valence-corrected chi connectivity index (χ2v) is 8.08. The molecule has 2 heterocycles. The van der Waals surface area contributed by atoms with Gasteiger partial charge in [0.15, 0.2) is 10.1 Å². The summed E-state index contributed by atoms with van der Waals surface area (Å²) >= 11 is 2.69. The zero-order valence-corrected chi connectivity index (χ0v) is 15.3. The maximum Gasteiger partial charge on any atom is 0.203 e. The number of aromatic nitrogens is 3. The maximum atomic E-state index is 12.9. The molecule has 1 aromatic carbocycles. The maximum absolute atomic E-state index is 12.9. The van der Waals surface area contributed by atoms with Crippen LogP contribution >= 0.6 is 23.1 Å². The summed E-state index contributed by atoms with van der Waals surface area (Å²) in [6.07, 6.45) is 0. The van der Waals surface area contributed by atoms with Gasteiger partial charge in [0.05, 0.1) is 5.25 Å². The van der Waals surface area contributed by atoms with Gasteiger partial charge in [-0.3, -0.25) is 4.79 Å². The minimum atomic E-state index is -0.248. The fourth-order valence-corrected chi connectivity index (χ4v) is 4.53. The molecular weight excluding hydrogens is 340 g/mol. The third-order valence-corrected chi connectivity index (χ3v) is 5.72. The van der Waals surface area contributed by atoms with Gasteiger partial charge in [-0.25, -0.2) is 0 Å². The molecule has 0 aliphatic rings. The summed E-state index contributed by atoms with van der Waals surface area (Å²) in [6, 6.07) is 12.0. The van der Waals surface area contributed by atoms with Crippen LogP contribution in [0.25, 0.3) is 5.69 Å². The molecule has 2 aromatic heterocycles. The van der Waals surface area contributed by atoms with Gasteiger partial charge in [0.1, 0.15) is 0 Å². The van der Waals surface area contributed by atoms with Crippen LogP contribution in [0.5, 0.6) is 0 Å². The smallest absolute Gasteiger partial charge is 0.203 e. The first kappa shape index (κ1) is 16.7. The highest BCUT2D eigenvalue weighted by molar-refractivity contribution is 8.02. The summed E-state index contributed by atoms with van der Waals surface area (Å²) in [5.41, 5.74) is 9.39. The van der Waals surface area contributed by atoms with E-state index in [1.54, 1.807) is 0 Å². The van der Waals surface area contributed by atoms with E-state index in [1.165, 1.54) is 23.1 Å². The third-order valence-electron chi connectivity index (χ3n) is 3.78. The van der Waals surface area contributed by atoms with Crippen LogP contribution in [0.3, 0.4) is 0 Å². The number of benzene rings is 1. The van der Waals surface area contributed by atoms with Crippen LogP contribution < -0.4 is 5.73 Å². The quantitative estimate of drug-likeness (QED) is 0.553. The number of rotatable bonds is 5. The van der Waals surface area contributed by atoms with Crippen LogP contribution in [0, 0.1) is 13.8 Å². The normalized spacial score (nSPS) is 12.3. The van der Waals surface area contributed by atoms with E-state index < -0.39 is 0 Å². The number of Topliss-reactive ketones (excluding diaryl/α,β-unsaturated/α-hetero) is 1. The van der Waals surface area contributed by atoms with Crippen molar-refractivity contribution in [3.63, 3.8) is 0 Å². The molecule has 3 rings (SSSR count). The Labute approximate surface area is 148 Å². The van der Waals surface area contributed by atoms with Gasteiger partial charge >= 0.3 is 0 Å². The number of nitrogens with zero attached hydrogens (tertiary/aromatic N) is 3. The molecule has 2 N–H and O–H groups in total. The molecule has 1 atom stereocenters. The molecule has 7 heteroatoms. The van der Waals surface area contributed by atoms with Crippen LogP contribution in [0.15, 0.2) is 40.7 Å². The molecular formula is C17H18N4OS2. The van der Waals surface area contributed by atoms with Crippen LogP contribution in [0.4, 0.5) is 5.13 Å². The van der Waals surface area contributed by atoms with Crippen LogP contribution in [0.1, 0.15) is 28.7 Å². The number of aryl methyl sites for hydroxylation is 1. The van der Waals surface area contributed by atoms with E-state index >= 15 is 0 Å². The summed E-state index contributed by atoms with van der Waals surface area (Å²) in [5.74, 6) is 0.0871. The van der Waals surface area contributed by atoms with Gasteiger partial charge in [0.25, 0.3) is 0 Å². The SMILES string of the molecule is Cc1cc(C(=O)C(C)Sc2nnc(N)s2)c(C)n1-c1ccccc1. The van der Waals surface area contributed by atoms with Gasteiger partial charge in [-0.05, 0) is 39.0 Å². The van der Waals surface area contributed by atoms with E-state index in [4.69, 9.17) is 5.73 Å². The first-order chi connectivity index (χ1) is 11.5. The third kappa shape index (κ3) is 3.22. The van der Waals surface area contributed by atoms with Crippen LogP contribution in [-0.2, 0) is 0 Å². The number of para-hydroxylation sites is 1. The van der Waals surface area contributed by atoms with E-state index in [1.807, 2.05) is 57.2 Å². The van der Waals surface area contributed by atoms with Gasteiger partial charge in [0.2, 0.25) is 5.13 Å². The average molecular weight is 358 g/mol. The standard InChI is InChI=1S/C17H18N4OS2/c1-10-9-14(11(2)21(10)13-7-5-4-6-8-13)15(22)12(3)23-17-20-19-16(18)24-17/h4-9,12H,1-3H3,(H2,18,19). The molecule has 0 saturated heterocycles. The molecule has 0 aliphatic heterocycles. The first-order valence-electron chi connectivity index (χ1n) is 7.51. The van der Waals surface area contributed by atoms with Crippen LogP contribution in [-0.4, -0.2) is 25.8 Å². The highest BCUT2D eigenvalue weighted by Gasteiger charge is 2.23. The molecule has 0 radical (unpaired) electrons. The first-order valence-corrected chi connectivity index (χ1v) is 9.21. The fraction of sp³-hybridized carbons (Fsp3) is 0.235. The lowest BCUT2D eigenvalue weighted by Crippen LogP contribution is -2.14. The number of carbonyl (C=O) groups excluding carboxylic acids is 1. The van der Waals surface area contributed by atoms with E-state index in [-0.39, 0.29) is 11.0 Å². The largest absolute Gasteiger partial charge is 0.374 e. The Hall–Kier alpha value is -2.12. The van der Waals surface area contributed by atoms with Crippen molar-refractivity contribution in [2.75, 3.05) is 5.73 Å². The Kier molecular flexibility index (Phi) is 4.73. The molecule has 0 aliphatic carbocycles. The highest BCUT2D eigenvalue weighted by atomic mass is 32.2. The lowest BCUT2D eigenvalue weighted by atomic mass is 10.1. The van der Waals surface area contributed by atoms with Crippen LogP contribution in [0.2, 0.25) is 0 Å². The number of carbonyl (C=O) groups is 1. The summed E-state index contributed by atoms with van der Waals surface area (Å²) < 4.78 is 2.82. The summed E-state index contributed by atoms with van der Waals surface area (Å²) in [5, 5.41) is 7.93. The van der Waals surface area contributed by atoms with Crippen molar-refractivity contribution < 1.29 is 4.79 Å². The number of nitrogen functional groups attached to an aromatic ring is 1. The molecule has 0 saturated carbocycles. The molecule has 0 spiro atoms. The molecule has 3 aromatic rings. The Morgan fingerprint density at radius 1 is 1.25 bits per heavy atom. The summed E-state index contributed by atoms with van der Waals surface area (Å²) in [7, 11) is 0. The Morgan fingerprint density at radius 3 is 2.58 bits per heavy atom. The zero-order valence-electron chi connectivity index (χ0n) is 13.7. The van der Waals surface area contributed by atoms with Crippen molar-refractivity contribution in [2.45, 2.75) is 30.4 Å².